The number of urea groups is 1. The number of carbonyl (C=O) groups excluding carboxylic acids is 1. The van der Waals surface area contributed by atoms with Crippen LogP contribution in [0.2, 0.25) is 0 Å². The van der Waals surface area contributed by atoms with Crippen molar-refractivity contribution in [3.8, 4) is 0 Å². The molecule has 0 spiro atoms. The van der Waals surface area contributed by atoms with Crippen molar-refractivity contribution in [1.82, 2.24) is 19.8 Å². The molecule has 0 aromatic carbocycles. The highest BCUT2D eigenvalue weighted by Gasteiger charge is 2.20. The normalized spacial score (nSPS) is 18.8. The molecule has 2 rings (SSSR count). The highest BCUT2D eigenvalue weighted by Crippen LogP contribution is 2.13. The monoisotopic (exact) mass is 280 g/mol. The van der Waals surface area contributed by atoms with Gasteiger partial charge in [0.1, 0.15) is 5.82 Å². The molecule has 1 N–H and O–H groups in total. The maximum absolute atomic E-state index is 12.2. The van der Waals surface area contributed by atoms with Gasteiger partial charge in [-0.25, -0.2) is 9.78 Å². The fourth-order valence-corrected chi connectivity index (χ4v) is 2.39. The summed E-state index contributed by atoms with van der Waals surface area (Å²) in [6, 6.07) is -0.0512. The van der Waals surface area contributed by atoms with E-state index in [0.29, 0.717) is 19.6 Å². The number of nitrogens with zero attached hydrogens (tertiary/aromatic N) is 3. The molecule has 1 atom stereocenters. The summed E-state index contributed by atoms with van der Waals surface area (Å²) in [5.74, 6) is 0.850. The fraction of sp³-hybridized carbons (Fsp3) is 0.714. The molecule has 1 unspecified atom stereocenters. The van der Waals surface area contributed by atoms with Gasteiger partial charge < -0.3 is 19.5 Å². The lowest BCUT2D eigenvalue weighted by atomic mass is 10.1. The predicted molar refractivity (Wildman–Crippen MR) is 76.3 cm³/mol. The van der Waals surface area contributed by atoms with E-state index in [9.17, 15) is 4.79 Å². The summed E-state index contributed by atoms with van der Waals surface area (Å²) < 4.78 is 7.60. The van der Waals surface area contributed by atoms with Gasteiger partial charge in [0.2, 0.25) is 0 Å². The highest BCUT2D eigenvalue weighted by atomic mass is 16.5. The maximum Gasteiger partial charge on any atom is 0.317 e. The Kier molecular flexibility index (Phi) is 5.40. The van der Waals surface area contributed by atoms with Crippen LogP contribution in [0.25, 0.3) is 0 Å². The van der Waals surface area contributed by atoms with Gasteiger partial charge in [0.05, 0.1) is 12.6 Å². The van der Waals surface area contributed by atoms with E-state index in [-0.39, 0.29) is 12.1 Å². The van der Waals surface area contributed by atoms with Crippen LogP contribution >= 0.6 is 0 Å². The van der Waals surface area contributed by atoms with E-state index in [1.807, 2.05) is 24.7 Å². The topological polar surface area (TPSA) is 59.4 Å². The van der Waals surface area contributed by atoms with Crippen molar-refractivity contribution >= 4 is 6.03 Å². The molecule has 1 aromatic rings. The molecule has 1 aliphatic heterocycles. The number of hydrogen-bond donors (Lipinski definition) is 1. The van der Waals surface area contributed by atoms with Crippen molar-refractivity contribution in [2.75, 3.05) is 19.7 Å². The Labute approximate surface area is 120 Å². The largest absolute Gasteiger partial charge is 0.376 e. The van der Waals surface area contributed by atoms with Crippen molar-refractivity contribution < 1.29 is 9.53 Å². The van der Waals surface area contributed by atoms with Crippen molar-refractivity contribution in [2.24, 2.45) is 7.05 Å². The lowest BCUT2D eigenvalue weighted by Crippen LogP contribution is -2.44. The van der Waals surface area contributed by atoms with E-state index in [1.165, 1.54) is 6.42 Å². The zero-order valence-corrected chi connectivity index (χ0v) is 12.3. The molecular weight excluding hydrogens is 256 g/mol. The van der Waals surface area contributed by atoms with Gasteiger partial charge in [-0.3, -0.25) is 0 Å². The standard InChI is InChI=1S/C14H24N4O2/c1-3-18(11-12-6-4-5-9-20-12)14(19)16-10-13-15-7-8-17(13)2/h7-8,12H,3-6,9-11H2,1-2H3,(H,16,19). The molecule has 6 heteroatoms. The number of nitrogens with one attached hydrogen (secondary N) is 1. The molecule has 2 amide bonds. The lowest BCUT2D eigenvalue weighted by molar-refractivity contribution is 0.00131. The first-order valence-corrected chi connectivity index (χ1v) is 7.31. The van der Waals surface area contributed by atoms with E-state index >= 15 is 0 Å². The summed E-state index contributed by atoms with van der Waals surface area (Å²) in [6.07, 6.45) is 7.15. The van der Waals surface area contributed by atoms with Gasteiger partial charge in [-0.2, -0.15) is 0 Å². The summed E-state index contributed by atoms with van der Waals surface area (Å²) in [4.78, 5) is 18.2. The summed E-state index contributed by atoms with van der Waals surface area (Å²) in [5, 5.41) is 2.91. The number of amides is 2. The van der Waals surface area contributed by atoms with Crippen LogP contribution in [0, 0.1) is 0 Å². The quantitative estimate of drug-likeness (QED) is 0.889. The van der Waals surface area contributed by atoms with Crippen LogP contribution in [0.4, 0.5) is 4.79 Å². The van der Waals surface area contributed by atoms with Crippen LogP contribution in [-0.4, -0.2) is 46.3 Å². The smallest absolute Gasteiger partial charge is 0.317 e. The average molecular weight is 280 g/mol. The summed E-state index contributed by atoms with van der Waals surface area (Å²) in [7, 11) is 1.92. The van der Waals surface area contributed by atoms with Gasteiger partial charge in [0.25, 0.3) is 0 Å². The molecule has 0 bridgehead atoms. The van der Waals surface area contributed by atoms with Crippen LogP contribution in [-0.2, 0) is 18.3 Å². The van der Waals surface area contributed by atoms with Crippen molar-refractivity contribution in [1.29, 1.82) is 0 Å². The van der Waals surface area contributed by atoms with Crippen molar-refractivity contribution in [3.05, 3.63) is 18.2 Å². The zero-order valence-electron chi connectivity index (χ0n) is 12.3. The number of ether oxygens (including phenoxy) is 1. The Hall–Kier alpha value is -1.56. The molecule has 1 aromatic heterocycles. The van der Waals surface area contributed by atoms with Gasteiger partial charge in [-0.15, -0.1) is 0 Å². The Morgan fingerprint density at radius 3 is 3.05 bits per heavy atom. The van der Waals surface area contributed by atoms with E-state index in [2.05, 4.69) is 10.3 Å². The number of rotatable bonds is 5. The van der Waals surface area contributed by atoms with E-state index in [0.717, 1.165) is 25.3 Å². The first kappa shape index (κ1) is 14.8. The number of likely N-dealkylation sites (N-methyl/N-ethyl adjacent to an activating group) is 1. The van der Waals surface area contributed by atoms with Crippen molar-refractivity contribution in [3.63, 3.8) is 0 Å². The molecule has 112 valence electrons. The Bertz CT molecular complexity index is 427. The first-order valence-electron chi connectivity index (χ1n) is 7.31. The number of hydrogen-bond acceptors (Lipinski definition) is 3. The van der Waals surface area contributed by atoms with Crippen LogP contribution < -0.4 is 5.32 Å². The highest BCUT2D eigenvalue weighted by molar-refractivity contribution is 5.74. The first-order chi connectivity index (χ1) is 9.70. The zero-order chi connectivity index (χ0) is 14.4. The molecule has 6 nitrogen and oxygen atoms in total. The molecule has 2 heterocycles. The third-order valence-corrected chi connectivity index (χ3v) is 3.69. The molecule has 1 saturated heterocycles. The van der Waals surface area contributed by atoms with E-state index in [4.69, 9.17) is 4.74 Å². The third-order valence-electron chi connectivity index (χ3n) is 3.69. The van der Waals surface area contributed by atoms with E-state index < -0.39 is 0 Å². The Morgan fingerprint density at radius 1 is 1.60 bits per heavy atom. The minimum Gasteiger partial charge on any atom is -0.376 e. The summed E-state index contributed by atoms with van der Waals surface area (Å²) >= 11 is 0. The minimum atomic E-state index is -0.0512. The lowest BCUT2D eigenvalue weighted by Gasteiger charge is -2.29. The van der Waals surface area contributed by atoms with Gasteiger partial charge in [0.15, 0.2) is 0 Å². The van der Waals surface area contributed by atoms with Crippen LogP contribution in [0.5, 0.6) is 0 Å². The number of imidazole rings is 1. The molecular formula is C14H24N4O2. The molecule has 0 saturated carbocycles. The van der Waals surface area contributed by atoms with Gasteiger partial charge in [-0.1, -0.05) is 0 Å². The fourth-order valence-electron chi connectivity index (χ4n) is 2.39. The second kappa shape index (κ2) is 7.28. The van der Waals surface area contributed by atoms with Crippen LogP contribution in [0.3, 0.4) is 0 Å². The SMILES string of the molecule is CCN(CC1CCCCO1)C(=O)NCc1nccn1C. The van der Waals surface area contributed by atoms with E-state index in [1.54, 1.807) is 11.1 Å². The second-order valence-corrected chi connectivity index (χ2v) is 5.14. The minimum absolute atomic E-state index is 0.0512. The molecule has 0 aliphatic carbocycles. The van der Waals surface area contributed by atoms with Crippen LogP contribution in [0.15, 0.2) is 12.4 Å². The third kappa shape index (κ3) is 3.96. The number of carbonyl (C=O) groups is 1. The molecule has 0 radical (unpaired) electrons. The molecule has 1 fully saturated rings. The van der Waals surface area contributed by atoms with Gasteiger partial charge in [-0.05, 0) is 26.2 Å². The number of aryl methyl sites for hydroxylation is 1. The van der Waals surface area contributed by atoms with Gasteiger partial charge >= 0.3 is 6.03 Å². The Morgan fingerprint density at radius 2 is 2.45 bits per heavy atom. The summed E-state index contributed by atoms with van der Waals surface area (Å²) in [6.45, 7) is 4.61. The van der Waals surface area contributed by atoms with Gasteiger partial charge in [0, 0.05) is 39.1 Å². The second-order valence-electron chi connectivity index (χ2n) is 5.14. The molecule has 1 aliphatic rings. The predicted octanol–water partition coefficient (Wildman–Crippen LogP) is 1.52. The molecule has 20 heavy (non-hydrogen) atoms. The summed E-state index contributed by atoms with van der Waals surface area (Å²) in [5.41, 5.74) is 0. The van der Waals surface area contributed by atoms with Crippen molar-refractivity contribution in [2.45, 2.75) is 38.8 Å². The average Bonchev–Trinajstić information content (AvgIpc) is 2.88. The Balaban J connectivity index is 1.80. The maximum atomic E-state index is 12.2. The number of aromatic nitrogens is 2. The van der Waals surface area contributed by atoms with Crippen LogP contribution in [0.1, 0.15) is 32.0 Å².